The normalized spacial score (nSPS) is 24.2. The Morgan fingerprint density at radius 1 is 1.19 bits per heavy atom. The maximum absolute atomic E-state index is 12.8. The summed E-state index contributed by atoms with van der Waals surface area (Å²) in [6.45, 7) is 1.81. The zero-order valence-electron chi connectivity index (χ0n) is 16.2. The predicted molar refractivity (Wildman–Crippen MR) is 101 cm³/mol. The summed E-state index contributed by atoms with van der Waals surface area (Å²) < 4.78 is 45.6. The molecule has 0 bridgehead atoms. The van der Waals surface area contributed by atoms with Crippen LogP contribution < -0.4 is 5.32 Å². The number of aromatic nitrogens is 5. The van der Waals surface area contributed by atoms with E-state index in [9.17, 15) is 23.4 Å². The molecule has 1 saturated heterocycles. The quantitative estimate of drug-likeness (QED) is 0.565. The number of nitrogens with one attached hydrogen (secondary N) is 1. The molecule has 164 valence electrons. The zero-order valence-corrected chi connectivity index (χ0v) is 16.2. The summed E-state index contributed by atoms with van der Waals surface area (Å²) in [4.78, 5) is 7.13. The molecule has 1 aliphatic heterocycles. The van der Waals surface area contributed by atoms with Crippen molar-refractivity contribution in [3.05, 3.63) is 59.7 Å². The van der Waals surface area contributed by atoms with Crippen LogP contribution in [-0.4, -0.2) is 60.0 Å². The first-order valence-electron chi connectivity index (χ1n) is 9.36. The first kappa shape index (κ1) is 21.2. The highest BCUT2D eigenvalue weighted by molar-refractivity contribution is 5.35. The molecule has 0 unspecified atom stereocenters. The number of aliphatic hydroxyl groups is 2. The largest absolute Gasteiger partial charge is 0.433 e. The standard InChI is InChI=1S/C19H19F3N6O3/c1-10-3-2-4-11(7-10)28-8-12(26-27-28)17-16(30)15(29)13(9-31-17)24-18-23-6-5-14(25-18)19(20,21)22/h2-8,13,15-17,29-30H,9H2,1H3,(H,23,24,25)/t13-,15+,16+,17+/m0/s1. The Labute approximate surface area is 174 Å². The van der Waals surface area contributed by atoms with Crippen LogP contribution in [0.5, 0.6) is 0 Å². The smallest absolute Gasteiger partial charge is 0.388 e. The number of alkyl halides is 3. The van der Waals surface area contributed by atoms with Gasteiger partial charge >= 0.3 is 6.18 Å². The summed E-state index contributed by atoms with van der Waals surface area (Å²) in [6, 6.07) is 7.36. The van der Waals surface area contributed by atoms with Gasteiger partial charge in [0.25, 0.3) is 0 Å². The summed E-state index contributed by atoms with van der Waals surface area (Å²) in [5.41, 5.74) is 0.986. The molecular formula is C19H19F3N6O3. The number of aryl methyl sites for hydroxylation is 1. The second-order valence-corrected chi connectivity index (χ2v) is 7.18. The highest BCUT2D eigenvalue weighted by atomic mass is 19.4. The Bertz CT molecular complexity index is 1060. The highest BCUT2D eigenvalue weighted by Crippen LogP contribution is 2.30. The third kappa shape index (κ3) is 4.50. The summed E-state index contributed by atoms with van der Waals surface area (Å²) in [7, 11) is 0. The number of benzene rings is 1. The van der Waals surface area contributed by atoms with Gasteiger partial charge in [-0.25, -0.2) is 14.6 Å². The van der Waals surface area contributed by atoms with E-state index in [1.807, 2.05) is 31.2 Å². The number of halogens is 3. The van der Waals surface area contributed by atoms with Crippen molar-refractivity contribution in [2.75, 3.05) is 11.9 Å². The molecule has 4 rings (SSSR count). The number of anilines is 1. The molecule has 1 aliphatic rings. The zero-order chi connectivity index (χ0) is 22.2. The van der Waals surface area contributed by atoms with Gasteiger partial charge in [0, 0.05) is 6.20 Å². The molecule has 0 aliphatic carbocycles. The minimum atomic E-state index is -4.63. The van der Waals surface area contributed by atoms with E-state index in [1.165, 1.54) is 4.68 Å². The topological polar surface area (TPSA) is 118 Å². The summed E-state index contributed by atoms with van der Waals surface area (Å²) >= 11 is 0. The molecule has 9 nitrogen and oxygen atoms in total. The first-order valence-corrected chi connectivity index (χ1v) is 9.36. The fourth-order valence-corrected chi connectivity index (χ4v) is 3.26. The highest BCUT2D eigenvalue weighted by Gasteiger charge is 2.41. The molecule has 3 N–H and O–H groups in total. The van der Waals surface area contributed by atoms with Crippen LogP contribution in [0.15, 0.2) is 42.7 Å². The number of aliphatic hydroxyl groups excluding tert-OH is 2. The van der Waals surface area contributed by atoms with Crippen LogP contribution in [0.4, 0.5) is 19.1 Å². The number of nitrogens with zero attached hydrogens (tertiary/aromatic N) is 5. The number of ether oxygens (including phenoxy) is 1. The molecule has 0 spiro atoms. The second kappa shape index (κ2) is 8.21. The van der Waals surface area contributed by atoms with Crippen molar-refractivity contribution in [1.29, 1.82) is 0 Å². The molecule has 0 saturated carbocycles. The fourth-order valence-electron chi connectivity index (χ4n) is 3.26. The molecule has 0 amide bonds. The van der Waals surface area contributed by atoms with Crippen LogP contribution in [0.25, 0.3) is 5.69 Å². The molecule has 3 heterocycles. The lowest BCUT2D eigenvalue weighted by molar-refractivity contribution is -0.144. The SMILES string of the molecule is Cc1cccc(-n2cc([C@H]3OC[C@H](Nc4nccc(C(F)(F)F)n4)[C@@H](O)[C@H]3O)nn2)c1. The lowest BCUT2D eigenvalue weighted by Crippen LogP contribution is -2.52. The molecule has 2 aromatic heterocycles. The van der Waals surface area contributed by atoms with Gasteiger partial charge in [-0.2, -0.15) is 13.2 Å². The lowest BCUT2D eigenvalue weighted by atomic mass is 9.96. The molecule has 3 aromatic rings. The van der Waals surface area contributed by atoms with E-state index in [2.05, 4.69) is 25.6 Å². The fraction of sp³-hybridized carbons (Fsp3) is 0.368. The van der Waals surface area contributed by atoms with Crippen LogP contribution in [0.1, 0.15) is 23.1 Å². The molecule has 1 fully saturated rings. The van der Waals surface area contributed by atoms with Crippen LogP contribution in [-0.2, 0) is 10.9 Å². The van der Waals surface area contributed by atoms with E-state index < -0.39 is 36.2 Å². The Balaban J connectivity index is 1.46. The first-order chi connectivity index (χ1) is 14.7. The van der Waals surface area contributed by atoms with E-state index in [4.69, 9.17) is 4.74 Å². The Morgan fingerprint density at radius 2 is 2.00 bits per heavy atom. The van der Waals surface area contributed by atoms with E-state index in [0.717, 1.165) is 23.5 Å². The van der Waals surface area contributed by atoms with Gasteiger partial charge in [0.2, 0.25) is 5.95 Å². The number of rotatable bonds is 4. The monoisotopic (exact) mass is 436 g/mol. The van der Waals surface area contributed by atoms with Gasteiger partial charge in [-0.05, 0) is 30.7 Å². The van der Waals surface area contributed by atoms with E-state index in [0.29, 0.717) is 5.69 Å². The average Bonchev–Trinajstić information content (AvgIpc) is 3.21. The summed E-state index contributed by atoms with van der Waals surface area (Å²) in [5, 5.41) is 31.7. The summed E-state index contributed by atoms with van der Waals surface area (Å²) in [5.74, 6) is -0.335. The van der Waals surface area contributed by atoms with E-state index in [-0.39, 0.29) is 12.6 Å². The van der Waals surface area contributed by atoms with E-state index >= 15 is 0 Å². The van der Waals surface area contributed by atoms with Crippen molar-refractivity contribution < 1.29 is 28.1 Å². The van der Waals surface area contributed by atoms with Gasteiger partial charge in [0.1, 0.15) is 29.7 Å². The second-order valence-electron chi connectivity index (χ2n) is 7.18. The summed E-state index contributed by atoms with van der Waals surface area (Å²) in [6.07, 6.45) is -5.83. The molecule has 12 heteroatoms. The van der Waals surface area contributed by atoms with Gasteiger partial charge in [0.15, 0.2) is 0 Å². The number of hydrogen-bond acceptors (Lipinski definition) is 8. The Kier molecular flexibility index (Phi) is 5.60. The molecule has 31 heavy (non-hydrogen) atoms. The van der Waals surface area contributed by atoms with E-state index in [1.54, 1.807) is 6.20 Å². The average molecular weight is 436 g/mol. The Morgan fingerprint density at radius 3 is 2.74 bits per heavy atom. The minimum absolute atomic E-state index is 0.125. The molecular weight excluding hydrogens is 417 g/mol. The van der Waals surface area contributed by atoms with Gasteiger partial charge in [-0.1, -0.05) is 17.3 Å². The number of hydrogen-bond donors (Lipinski definition) is 3. The van der Waals surface area contributed by atoms with Gasteiger partial charge in [-0.3, -0.25) is 0 Å². The third-order valence-corrected chi connectivity index (χ3v) is 4.86. The van der Waals surface area contributed by atoms with Crippen LogP contribution >= 0.6 is 0 Å². The maximum atomic E-state index is 12.8. The lowest BCUT2D eigenvalue weighted by Gasteiger charge is -2.37. The van der Waals surface area contributed by atoms with Crippen molar-refractivity contribution in [3.63, 3.8) is 0 Å². The van der Waals surface area contributed by atoms with Crippen molar-refractivity contribution in [3.8, 4) is 5.69 Å². The van der Waals surface area contributed by atoms with Crippen molar-refractivity contribution in [2.24, 2.45) is 0 Å². The van der Waals surface area contributed by atoms with Gasteiger partial charge in [-0.15, -0.1) is 5.10 Å². The minimum Gasteiger partial charge on any atom is -0.388 e. The Hall–Kier alpha value is -3.09. The van der Waals surface area contributed by atoms with Crippen molar-refractivity contribution in [2.45, 2.75) is 37.5 Å². The third-order valence-electron chi connectivity index (χ3n) is 4.86. The van der Waals surface area contributed by atoms with Crippen LogP contribution in [0, 0.1) is 6.92 Å². The molecule has 4 atom stereocenters. The van der Waals surface area contributed by atoms with Crippen LogP contribution in [0.3, 0.4) is 0 Å². The predicted octanol–water partition coefficient (Wildman–Crippen LogP) is 1.66. The van der Waals surface area contributed by atoms with Crippen molar-refractivity contribution >= 4 is 5.95 Å². The van der Waals surface area contributed by atoms with Gasteiger partial charge < -0.3 is 20.3 Å². The molecule has 0 radical (unpaired) electrons. The molecule has 1 aromatic carbocycles. The van der Waals surface area contributed by atoms with Gasteiger partial charge in [0.05, 0.1) is 24.5 Å². The van der Waals surface area contributed by atoms with Crippen LogP contribution in [0.2, 0.25) is 0 Å². The maximum Gasteiger partial charge on any atom is 0.433 e. The van der Waals surface area contributed by atoms with Crippen molar-refractivity contribution in [1.82, 2.24) is 25.0 Å².